The highest BCUT2D eigenvalue weighted by Gasteiger charge is 2.34. The van der Waals surface area contributed by atoms with E-state index in [-0.39, 0.29) is 38.8 Å². The summed E-state index contributed by atoms with van der Waals surface area (Å²) >= 11 is 0. The molecule has 0 aliphatic carbocycles. The van der Waals surface area contributed by atoms with Gasteiger partial charge in [0, 0.05) is 19.4 Å². The summed E-state index contributed by atoms with van der Waals surface area (Å²) in [6.45, 7) is -0.255. The van der Waals surface area contributed by atoms with Gasteiger partial charge in [-0.05, 0) is 36.1 Å². The number of methoxy groups -OCH3 is 2. The number of nitrogens with one attached hydrogen (secondary N) is 1. The fraction of sp³-hybridized carbons (Fsp3) is 0.429. The van der Waals surface area contributed by atoms with E-state index in [9.17, 15) is 18.5 Å². The molecule has 0 bridgehead atoms. The molecule has 4 rings (SSSR count). The lowest BCUT2D eigenvalue weighted by molar-refractivity contribution is -0.0501. The second-order valence-electron chi connectivity index (χ2n) is 9.46. The number of hydrogen-bond acceptors (Lipinski definition) is 10. The van der Waals surface area contributed by atoms with Crippen molar-refractivity contribution in [2.24, 2.45) is 0 Å². The third-order valence-corrected chi connectivity index (χ3v) is 7.75. The van der Waals surface area contributed by atoms with E-state index < -0.39 is 43.3 Å². The standard InChI is InChI=1S/C28H34FN2O10P/c1-35-17-23(37-15-21-8-10-25(36-2)24(29)14-21)19-40-42(34,38-16-20-6-4-3-5-7-20)39-18-22-9-11-27(41-22)31-13-12-26(32)30-28(31)33/h3-8,10,12-14,22-23,27H,9,11,15-19H2,1-2H3,(H,30,32,33). The normalized spacial score (nSPS) is 18.9. The zero-order chi connectivity index (χ0) is 30.0. The first-order valence-corrected chi connectivity index (χ1v) is 14.7. The average molecular weight is 609 g/mol. The predicted octanol–water partition coefficient (Wildman–Crippen LogP) is 3.95. The van der Waals surface area contributed by atoms with E-state index in [0.717, 1.165) is 5.56 Å². The molecule has 228 valence electrons. The average Bonchev–Trinajstić information content (AvgIpc) is 3.46. The molecule has 1 fully saturated rings. The maximum Gasteiger partial charge on any atom is 0.475 e. The van der Waals surface area contributed by atoms with Crippen LogP contribution in [0.2, 0.25) is 0 Å². The van der Waals surface area contributed by atoms with Crippen molar-refractivity contribution in [2.45, 2.75) is 44.5 Å². The van der Waals surface area contributed by atoms with Gasteiger partial charge in [0.2, 0.25) is 0 Å². The summed E-state index contributed by atoms with van der Waals surface area (Å²) in [5.41, 5.74) is 0.222. The first kappa shape index (κ1) is 31.8. The summed E-state index contributed by atoms with van der Waals surface area (Å²) in [6, 6.07) is 14.8. The van der Waals surface area contributed by atoms with Gasteiger partial charge in [-0.3, -0.25) is 27.9 Å². The van der Waals surface area contributed by atoms with Crippen molar-refractivity contribution in [3.8, 4) is 5.75 Å². The van der Waals surface area contributed by atoms with Gasteiger partial charge in [0.05, 0.1) is 46.2 Å². The lowest BCUT2D eigenvalue weighted by atomic mass is 10.2. The molecule has 3 aromatic rings. The highest BCUT2D eigenvalue weighted by Crippen LogP contribution is 2.51. The number of aromatic amines is 1. The highest BCUT2D eigenvalue weighted by atomic mass is 31.2. The van der Waals surface area contributed by atoms with E-state index in [1.165, 1.54) is 43.2 Å². The number of hydrogen-bond donors (Lipinski definition) is 1. The summed E-state index contributed by atoms with van der Waals surface area (Å²) in [6.07, 6.45) is 0.533. The van der Waals surface area contributed by atoms with Crippen LogP contribution in [-0.2, 0) is 45.6 Å². The van der Waals surface area contributed by atoms with E-state index >= 15 is 0 Å². The summed E-state index contributed by atoms with van der Waals surface area (Å²) in [5, 5.41) is 0. The molecule has 42 heavy (non-hydrogen) atoms. The summed E-state index contributed by atoms with van der Waals surface area (Å²) in [4.78, 5) is 25.7. The molecule has 1 saturated heterocycles. The Kier molecular flexibility index (Phi) is 11.6. The van der Waals surface area contributed by atoms with E-state index in [4.69, 9.17) is 32.5 Å². The van der Waals surface area contributed by atoms with Crippen molar-refractivity contribution in [1.29, 1.82) is 0 Å². The van der Waals surface area contributed by atoms with Gasteiger partial charge in [-0.25, -0.2) is 13.8 Å². The van der Waals surface area contributed by atoms with Gasteiger partial charge in [0.15, 0.2) is 11.6 Å². The number of aromatic nitrogens is 2. The highest BCUT2D eigenvalue weighted by molar-refractivity contribution is 7.48. The zero-order valence-corrected chi connectivity index (χ0v) is 24.2. The zero-order valence-electron chi connectivity index (χ0n) is 23.3. The molecular weight excluding hydrogens is 574 g/mol. The summed E-state index contributed by atoms with van der Waals surface area (Å²) < 4.78 is 68.0. The summed E-state index contributed by atoms with van der Waals surface area (Å²) in [7, 11) is -1.29. The van der Waals surface area contributed by atoms with Gasteiger partial charge in [-0.1, -0.05) is 36.4 Å². The molecule has 1 aromatic heterocycles. The number of ether oxygens (including phenoxy) is 4. The van der Waals surface area contributed by atoms with Gasteiger partial charge < -0.3 is 18.9 Å². The van der Waals surface area contributed by atoms with Crippen molar-refractivity contribution in [3.05, 3.63) is 98.6 Å². The molecule has 0 spiro atoms. The molecule has 2 heterocycles. The van der Waals surface area contributed by atoms with E-state index in [0.29, 0.717) is 18.4 Å². The Bertz CT molecular complexity index is 1450. The Labute approximate surface area is 241 Å². The first-order valence-electron chi connectivity index (χ1n) is 13.3. The van der Waals surface area contributed by atoms with Crippen LogP contribution in [0.15, 0.2) is 70.4 Å². The van der Waals surface area contributed by atoms with Crippen LogP contribution >= 0.6 is 7.82 Å². The maximum absolute atomic E-state index is 14.1. The van der Waals surface area contributed by atoms with Crippen molar-refractivity contribution in [3.63, 3.8) is 0 Å². The lowest BCUT2D eigenvalue weighted by Gasteiger charge is -2.23. The smallest absolute Gasteiger partial charge is 0.475 e. The monoisotopic (exact) mass is 608 g/mol. The number of rotatable bonds is 16. The third kappa shape index (κ3) is 9.17. The molecule has 1 N–H and O–H groups in total. The molecule has 4 unspecified atom stereocenters. The SMILES string of the molecule is COCC(COP(=O)(OCc1ccccc1)OCC1CCC(n2ccc(=O)[nH]c2=O)O1)OCc1ccc(OC)c(F)c1. The quantitative estimate of drug-likeness (QED) is 0.238. The van der Waals surface area contributed by atoms with E-state index in [1.807, 2.05) is 30.3 Å². The second-order valence-corrected chi connectivity index (χ2v) is 11.1. The molecule has 2 aromatic carbocycles. The molecule has 0 saturated carbocycles. The number of H-pyrrole nitrogens is 1. The number of nitrogens with zero attached hydrogens (tertiary/aromatic N) is 1. The fourth-order valence-electron chi connectivity index (χ4n) is 4.20. The number of phosphoric acid groups is 1. The van der Waals surface area contributed by atoms with Gasteiger partial charge in [0.1, 0.15) is 12.3 Å². The molecule has 1 aliphatic heterocycles. The van der Waals surface area contributed by atoms with Gasteiger partial charge in [0.25, 0.3) is 5.56 Å². The van der Waals surface area contributed by atoms with Crippen LogP contribution in [0.1, 0.15) is 30.2 Å². The van der Waals surface area contributed by atoms with Crippen LogP contribution in [0.5, 0.6) is 5.75 Å². The predicted molar refractivity (Wildman–Crippen MR) is 149 cm³/mol. The Morgan fingerprint density at radius 2 is 1.81 bits per heavy atom. The minimum absolute atomic E-state index is 0.0375. The van der Waals surface area contributed by atoms with Crippen molar-refractivity contribution in [2.75, 3.05) is 34.0 Å². The largest absolute Gasteiger partial charge is 0.494 e. The molecule has 12 nitrogen and oxygen atoms in total. The van der Waals surface area contributed by atoms with E-state index in [1.54, 1.807) is 6.07 Å². The minimum Gasteiger partial charge on any atom is -0.494 e. The van der Waals surface area contributed by atoms with E-state index in [2.05, 4.69) is 4.98 Å². The lowest BCUT2D eigenvalue weighted by Crippen LogP contribution is -2.31. The Balaban J connectivity index is 1.37. The topological polar surface area (TPSA) is 137 Å². The minimum atomic E-state index is -4.14. The molecule has 0 amide bonds. The molecule has 14 heteroatoms. The van der Waals surface area contributed by atoms with Crippen LogP contribution < -0.4 is 16.0 Å². The second kappa shape index (κ2) is 15.4. The van der Waals surface area contributed by atoms with Gasteiger partial charge >= 0.3 is 13.5 Å². The molecular formula is C28H34FN2O10P. The van der Waals surface area contributed by atoms with Crippen LogP contribution in [0.4, 0.5) is 4.39 Å². The Morgan fingerprint density at radius 1 is 1.00 bits per heavy atom. The van der Waals surface area contributed by atoms with Gasteiger partial charge in [-0.2, -0.15) is 0 Å². The van der Waals surface area contributed by atoms with Gasteiger partial charge in [-0.15, -0.1) is 0 Å². The molecule has 0 radical (unpaired) electrons. The number of benzene rings is 2. The fourth-order valence-corrected chi connectivity index (χ4v) is 5.43. The van der Waals surface area contributed by atoms with Crippen LogP contribution in [0.25, 0.3) is 0 Å². The first-order chi connectivity index (χ1) is 20.3. The maximum atomic E-state index is 14.1. The van der Waals surface area contributed by atoms with Crippen molar-refractivity contribution in [1.82, 2.24) is 9.55 Å². The Hall–Kier alpha value is -3.16. The van der Waals surface area contributed by atoms with Crippen LogP contribution in [0, 0.1) is 5.82 Å². The van der Waals surface area contributed by atoms with Crippen molar-refractivity contribution >= 4 is 7.82 Å². The van der Waals surface area contributed by atoms with Crippen molar-refractivity contribution < 1.29 is 41.5 Å². The number of halogens is 1. The summed E-state index contributed by atoms with van der Waals surface area (Å²) in [5.74, 6) is -0.403. The van der Waals surface area contributed by atoms with Crippen LogP contribution in [-0.4, -0.2) is 55.8 Å². The molecule has 1 aliphatic rings. The number of phosphoric ester groups is 1. The third-order valence-electron chi connectivity index (χ3n) is 6.37. The van der Waals surface area contributed by atoms with Crippen LogP contribution in [0.3, 0.4) is 0 Å². The molecule has 4 atom stereocenters. The Morgan fingerprint density at radius 3 is 2.52 bits per heavy atom.